The zero-order chi connectivity index (χ0) is 14.9. The number of hydrogen-bond acceptors (Lipinski definition) is 3. The van der Waals surface area contributed by atoms with Crippen molar-refractivity contribution in [2.45, 2.75) is 50.8 Å². The molecule has 114 valence electrons. The monoisotopic (exact) mass is 288 g/mol. The van der Waals surface area contributed by atoms with Gasteiger partial charge >= 0.3 is 0 Å². The number of carbonyl (C=O) groups excluding carboxylic acids is 1. The smallest absolute Gasteiger partial charge is 0.241 e. The van der Waals surface area contributed by atoms with E-state index in [0.29, 0.717) is 6.10 Å². The maximum atomic E-state index is 12.4. The Kier molecular flexibility index (Phi) is 4.00. The largest absolute Gasteiger partial charge is 0.378 e. The van der Waals surface area contributed by atoms with Crippen molar-refractivity contribution in [2.24, 2.45) is 11.1 Å². The van der Waals surface area contributed by atoms with Crippen LogP contribution in [0, 0.1) is 5.41 Å². The summed E-state index contributed by atoms with van der Waals surface area (Å²) >= 11 is 0. The molecule has 0 radical (unpaired) electrons. The van der Waals surface area contributed by atoms with Crippen LogP contribution in [0.15, 0.2) is 30.3 Å². The minimum atomic E-state index is -0.588. The average molecular weight is 288 g/mol. The molecule has 2 fully saturated rings. The van der Waals surface area contributed by atoms with Crippen LogP contribution in [-0.2, 0) is 9.53 Å². The summed E-state index contributed by atoms with van der Waals surface area (Å²) in [7, 11) is 0. The van der Waals surface area contributed by atoms with Crippen molar-refractivity contribution in [1.82, 2.24) is 5.32 Å². The van der Waals surface area contributed by atoms with E-state index >= 15 is 0 Å². The van der Waals surface area contributed by atoms with Gasteiger partial charge in [0, 0.05) is 18.1 Å². The van der Waals surface area contributed by atoms with Crippen LogP contribution in [0.5, 0.6) is 0 Å². The highest BCUT2D eigenvalue weighted by atomic mass is 16.5. The van der Waals surface area contributed by atoms with Gasteiger partial charge in [-0.05, 0) is 31.7 Å². The molecule has 2 saturated carbocycles. The SMILES string of the molecule is CCOC1CC(NC(=O)C(N)c2ccccc2)C12CCC2. The topological polar surface area (TPSA) is 64.3 Å². The lowest BCUT2D eigenvalue weighted by Gasteiger charge is -2.61. The molecule has 3 atom stereocenters. The first-order chi connectivity index (χ1) is 10.2. The molecule has 0 bridgehead atoms. The summed E-state index contributed by atoms with van der Waals surface area (Å²) in [5.41, 5.74) is 7.11. The van der Waals surface area contributed by atoms with Crippen LogP contribution >= 0.6 is 0 Å². The summed E-state index contributed by atoms with van der Waals surface area (Å²) in [6.45, 7) is 2.78. The first kappa shape index (κ1) is 14.5. The van der Waals surface area contributed by atoms with Gasteiger partial charge in [-0.15, -0.1) is 0 Å². The molecule has 4 nitrogen and oxygen atoms in total. The minimum absolute atomic E-state index is 0.0765. The van der Waals surface area contributed by atoms with E-state index in [1.807, 2.05) is 37.3 Å². The van der Waals surface area contributed by atoms with Gasteiger partial charge in [0.1, 0.15) is 6.04 Å². The highest BCUT2D eigenvalue weighted by molar-refractivity contribution is 5.83. The van der Waals surface area contributed by atoms with Crippen LogP contribution < -0.4 is 11.1 Å². The number of amides is 1. The normalized spacial score (nSPS) is 27.5. The molecule has 1 aromatic rings. The molecule has 1 spiro atoms. The second-order valence-corrected chi connectivity index (χ2v) is 6.22. The van der Waals surface area contributed by atoms with Gasteiger partial charge in [0.2, 0.25) is 5.91 Å². The summed E-state index contributed by atoms with van der Waals surface area (Å²) in [6, 6.07) is 9.17. The summed E-state index contributed by atoms with van der Waals surface area (Å²) < 4.78 is 5.81. The molecule has 0 aromatic heterocycles. The van der Waals surface area contributed by atoms with Crippen LogP contribution in [0.4, 0.5) is 0 Å². The fourth-order valence-electron chi connectivity index (χ4n) is 3.71. The maximum Gasteiger partial charge on any atom is 0.241 e. The molecule has 3 rings (SSSR count). The number of nitrogens with one attached hydrogen (secondary N) is 1. The van der Waals surface area contributed by atoms with Crippen molar-refractivity contribution in [2.75, 3.05) is 6.61 Å². The lowest BCUT2D eigenvalue weighted by atomic mass is 9.51. The second kappa shape index (κ2) is 5.78. The predicted octanol–water partition coefficient (Wildman–Crippen LogP) is 2.15. The Labute approximate surface area is 126 Å². The first-order valence-corrected chi connectivity index (χ1v) is 7.90. The zero-order valence-corrected chi connectivity index (χ0v) is 12.5. The number of benzene rings is 1. The van der Waals surface area contributed by atoms with Crippen LogP contribution in [0.25, 0.3) is 0 Å². The Balaban J connectivity index is 1.61. The van der Waals surface area contributed by atoms with Gasteiger partial charge in [-0.2, -0.15) is 0 Å². The van der Waals surface area contributed by atoms with Gasteiger partial charge in [0.05, 0.1) is 6.10 Å². The van der Waals surface area contributed by atoms with Crippen molar-refractivity contribution < 1.29 is 9.53 Å². The number of ether oxygens (including phenoxy) is 1. The van der Waals surface area contributed by atoms with Crippen LogP contribution in [0.3, 0.4) is 0 Å². The van der Waals surface area contributed by atoms with Crippen molar-refractivity contribution in [3.8, 4) is 0 Å². The molecule has 1 amide bonds. The average Bonchev–Trinajstić information content (AvgIpc) is 2.44. The molecule has 2 aliphatic rings. The summed E-state index contributed by atoms with van der Waals surface area (Å²) in [6.07, 6.45) is 4.78. The Bertz CT molecular complexity index is 499. The van der Waals surface area contributed by atoms with Crippen molar-refractivity contribution in [3.05, 3.63) is 35.9 Å². The van der Waals surface area contributed by atoms with Crippen molar-refractivity contribution in [1.29, 1.82) is 0 Å². The first-order valence-electron chi connectivity index (χ1n) is 7.90. The molecule has 0 saturated heterocycles. The van der Waals surface area contributed by atoms with E-state index in [-0.39, 0.29) is 17.4 Å². The Morgan fingerprint density at radius 3 is 2.71 bits per heavy atom. The van der Waals surface area contributed by atoms with Crippen LogP contribution in [0.2, 0.25) is 0 Å². The second-order valence-electron chi connectivity index (χ2n) is 6.22. The van der Waals surface area contributed by atoms with Gasteiger partial charge in [-0.25, -0.2) is 0 Å². The molecular weight excluding hydrogens is 264 g/mol. The molecule has 21 heavy (non-hydrogen) atoms. The molecule has 2 aliphatic carbocycles. The fraction of sp³-hybridized carbons (Fsp3) is 0.588. The van der Waals surface area contributed by atoms with Gasteiger partial charge in [-0.3, -0.25) is 4.79 Å². The van der Waals surface area contributed by atoms with E-state index in [1.54, 1.807) is 0 Å². The van der Waals surface area contributed by atoms with E-state index < -0.39 is 6.04 Å². The van der Waals surface area contributed by atoms with Crippen molar-refractivity contribution in [3.63, 3.8) is 0 Å². The Morgan fingerprint density at radius 2 is 2.14 bits per heavy atom. The Morgan fingerprint density at radius 1 is 1.43 bits per heavy atom. The van der Waals surface area contributed by atoms with E-state index in [4.69, 9.17) is 10.5 Å². The molecule has 3 unspecified atom stereocenters. The Hall–Kier alpha value is -1.39. The molecule has 3 N–H and O–H groups in total. The van der Waals surface area contributed by atoms with E-state index in [2.05, 4.69) is 5.32 Å². The maximum absolute atomic E-state index is 12.4. The number of hydrogen-bond donors (Lipinski definition) is 2. The van der Waals surface area contributed by atoms with Gasteiger partial charge in [-0.1, -0.05) is 36.8 Å². The molecule has 0 heterocycles. The van der Waals surface area contributed by atoms with E-state index in [1.165, 1.54) is 6.42 Å². The van der Waals surface area contributed by atoms with Gasteiger partial charge in [0.15, 0.2) is 0 Å². The van der Waals surface area contributed by atoms with Crippen molar-refractivity contribution >= 4 is 5.91 Å². The third-order valence-corrected chi connectivity index (χ3v) is 5.19. The number of carbonyl (C=O) groups is 1. The van der Waals surface area contributed by atoms with Crippen LogP contribution in [0.1, 0.15) is 44.2 Å². The van der Waals surface area contributed by atoms with Gasteiger partial charge in [0.25, 0.3) is 0 Å². The third-order valence-electron chi connectivity index (χ3n) is 5.19. The molecule has 4 heteroatoms. The summed E-state index contributed by atoms with van der Waals surface area (Å²) in [4.78, 5) is 12.4. The molecule has 1 aromatic carbocycles. The fourth-order valence-corrected chi connectivity index (χ4v) is 3.71. The quantitative estimate of drug-likeness (QED) is 0.872. The number of rotatable bonds is 5. The summed E-state index contributed by atoms with van der Waals surface area (Å²) in [5.74, 6) is -0.0765. The predicted molar refractivity (Wildman–Crippen MR) is 81.6 cm³/mol. The van der Waals surface area contributed by atoms with E-state index in [9.17, 15) is 4.79 Å². The van der Waals surface area contributed by atoms with Crippen LogP contribution in [-0.4, -0.2) is 24.7 Å². The van der Waals surface area contributed by atoms with E-state index in [0.717, 1.165) is 31.4 Å². The zero-order valence-electron chi connectivity index (χ0n) is 12.5. The molecular formula is C17H24N2O2. The standard InChI is InChI=1S/C17H24N2O2/c1-2-21-14-11-13(17(14)9-6-10-17)19-16(20)15(18)12-7-4-3-5-8-12/h3-5,7-8,13-15H,2,6,9-11,18H2,1H3,(H,19,20). The number of nitrogens with two attached hydrogens (primary N) is 1. The lowest BCUT2D eigenvalue weighted by molar-refractivity contribution is -0.176. The summed E-state index contributed by atoms with van der Waals surface area (Å²) in [5, 5.41) is 3.15. The highest BCUT2D eigenvalue weighted by Crippen LogP contribution is 2.57. The third kappa shape index (κ3) is 2.47. The lowest BCUT2D eigenvalue weighted by Crippen LogP contribution is -2.68. The molecule has 0 aliphatic heterocycles. The minimum Gasteiger partial charge on any atom is -0.378 e. The highest BCUT2D eigenvalue weighted by Gasteiger charge is 2.59. The van der Waals surface area contributed by atoms with Gasteiger partial charge < -0.3 is 15.8 Å².